The summed E-state index contributed by atoms with van der Waals surface area (Å²) in [5.41, 5.74) is -3.29. The van der Waals surface area contributed by atoms with E-state index in [1.807, 2.05) is 0 Å². The van der Waals surface area contributed by atoms with E-state index in [1.54, 1.807) is 0 Å². The van der Waals surface area contributed by atoms with E-state index in [2.05, 4.69) is 0 Å². The van der Waals surface area contributed by atoms with Gasteiger partial charge in [0.05, 0.1) is 11.0 Å². The summed E-state index contributed by atoms with van der Waals surface area (Å²) >= 11 is 0. The van der Waals surface area contributed by atoms with Crippen molar-refractivity contribution in [3.8, 4) is 0 Å². The first-order valence-corrected chi connectivity index (χ1v) is 6.38. The van der Waals surface area contributed by atoms with E-state index in [4.69, 9.17) is 0 Å². The van der Waals surface area contributed by atoms with Crippen LogP contribution in [0.5, 0.6) is 0 Å². The van der Waals surface area contributed by atoms with Gasteiger partial charge in [-0.3, -0.25) is 4.79 Å². The van der Waals surface area contributed by atoms with Crippen LogP contribution in [0, 0.1) is 5.82 Å². The largest absolute Gasteiger partial charge is 0.481 e. The predicted molar refractivity (Wildman–Crippen MR) is 63.8 cm³/mol. The molecule has 1 saturated carbocycles. The number of carbonyl (C=O) groups is 1. The number of aliphatic carboxylic acids is 1. The lowest BCUT2D eigenvalue weighted by atomic mass is 9.69. The highest BCUT2D eigenvalue weighted by Gasteiger charge is 2.45. The van der Waals surface area contributed by atoms with Gasteiger partial charge in [-0.15, -0.1) is 0 Å². The van der Waals surface area contributed by atoms with Gasteiger partial charge in [-0.05, 0) is 18.9 Å². The Morgan fingerprint density at radius 3 is 2.25 bits per heavy atom. The van der Waals surface area contributed by atoms with Crippen molar-refractivity contribution >= 4 is 5.97 Å². The van der Waals surface area contributed by atoms with Crippen molar-refractivity contribution in [2.45, 2.75) is 43.7 Å². The van der Waals surface area contributed by atoms with Crippen LogP contribution < -0.4 is 0 Å². The first kappa shape index (κ1) is 14.8. The first-order valence-electron chi connectivity index (χ1n) is 6.38. The normalized spacial score (nSPS) is 18.8. The molecular formula is C14H14F4O2. The van der Waals surface area contributed by atoms with E-state index in [1.165, 1.54) is 0 Å². The van der Waals surface area contributed by atoms with Crippen LogP contribution in [0.3, 0.4) is 0 Å². The van der Waals surface area contributed by atoms with Gasteiger partial charge in [-0.1, -0.05) is 31.4 Å². The van der Waals surface area contributed by atoms with Crippen LogP contribution in [0.15, 0.2) is 18.2 Å². The van der Waals surface area contributed by atoms with Gasteiger partial charge in [-0.2, -0.15) is 13.2 Å². The lowest BCUT2D eigenvalue weighted by Gasteiger charge is -2.34. The molecular weight excluding hydrogens is 276 g/mol. The van der Waals surface area contributed by atoms with Crippen LogP contribution in [0.25, 0.3) is 0 Å². The van der Waals surface area contributed by atoms with Gasteiger partial charge in [0.1, 0.15) is 5.82 Å². The minimum atomic E-state index is -4.82. The van der Waals surface area contributed by atoms with Crippen molar-refractivity contribution in [1.29, 1.82) is 0 Å². The molecule has 2 rings (SSSR count). The molecule has 0 amide bonds. The molecule has 0 bridgehead atoms. The molecule has 1 aromatic rings. The molecule has 1 aliphatic carbocycles. The van der Waals surface area contributed by atoms with Gasteiger partial charge in [0.15, 0.2) is 0 Å². The van der Waals surface area contributed by atoms with Crippen molar-refractivity contribution in [3.05, 3.63) is 35.1 Å². The number of hydrogen-bond acceptors (Lipinski definition) is 1. The average Bonchev–Trinajstić information content (AvgIpc) is 2.38. The molecule has 0 saturated heterocycles. The van der Waals surface area contributed by atoms with Gasteiger partial charge in [0.25, 0.3) is 0 Å². The highest BCUT2D eigenvalue weighted by molar-refractivity contribution is 5.81. The first-order chi connectivity index (χ1) is 9.29. The van der Waals surface area contributed by atoms with Crippen molar-refractivity contribution in [1.82, 2.24) is 0 Å². The second kappa shape index (κ2) is 5.07. The quantitative estimate of drug-likeness (QED) is 0.831. The monoisotopic (exact) mass is 290 g/mol. The fourth-order valence-corrected chi connectivity index (χ4v) is 2.87. The van der Waals surface area contributed by atoms with Crippen molar-refractivity contribution in [2.75, 3.05) is 0 Å². The van der Waals surface area contributed by atoms with E-state index in [0.29, 0.717) is 18.9 Å². The third kappa shape index (κ3) is 2.39. The molecule has 0 aliphatic heterocycles. The SMILES string of the molecule is O=C(O)C1(c2cccc(C(F)(F)F)c2F)CCCCC1. The second-order valence-corrected chi connectivity index (χ2v) is 5.11. The Balaban J connectivity index is 2.58. The van der Waals surface area contributed by atoms with Crippen molar-refractivity contribution < 1.29 is 27.5 Å². The van der Waals surface area contributed by atoms with Gasteiger partial charge >= 0.3 is 12.1 Å². The average molecular weight is 290 g/mol. The minimum absolute atomic E-state index is 0.167. The lowest BCUT2D eigenvalue weighted by Crippen LogP contribution is -2.39. The Kier molecular flexibility index (Phi) is 3.75. The molecule has 1 fully saturated rings. The maximum atomic E-state index is 14.2. The fraction of sp³-hybridized carbons (Fsp3) is 0.500. The van der Waals surface area contributed by atoms with E-state index in [0.717, 1.165) is 18.6 Å². The molecule has 0 heterocycles. The molecule has 0 unspecified atom stereocenters. The Labute approximate surface area is 113 Å². The lowest BCUT2D eigenvalue weighted by molar-refractivity contribution is -0.146. The summed E-state index contributed by atoms with van der Waals surface area (Å²) in [6.45, 7) is 0. The molecule has 1 aromatic carbocycles. The maximum Gasteiger partial charge on any atom is 0.419 e. The van der Waals surface area contributed by atoms with E-state index in [9.17, 15) is 27.5 Å². The number of carboxylic acids is 1. The Bertz CT molecular complexity index is 516. The summed E-state index contributed by atoms with van der Waals surface area (Å²) in [7, 11) is 0. The Hall–Kier alpha value is -1.59. The molecule has 0 aromatic heterocycles. The summed E-state index contributed by atoms with van der Waals surface area (Å²) in [5.74, 6) is -2.71. The van der Waals surface area contributed by atoms with Gasteiger partial charge in [-0.25, -0.2) is 4.39 Å². The molecule has 0 atom stereocenters. The van der Waals surface area contributed by atoms with Crippen LogP contribution in [0.4, 0.5) is 17.6 Å². The van der Waals surface area contributed by atoms with Crippen molar-refractivity contribution in [2.24, 2.45) is 0 Å². The number of rotatable bonds is 2. The van der Waals surface area contributed by atoms with Gasteiger partial charge < -0.3 is 5.11 Å². The Morgan fingerprint density at radius 2 is 1.75 bits per heavy atom. The zero-order chi connectivity index (χ0) is 15.0. The maximum absolute atomic E-state index is 14.2. The second-order valence-electron chi connectivity index (χ2n) is 5.11. The molecule has 1 N–H and O–H groups in total. The number of carboxylic acid groups (broad SMARTS) is 1. The number of halogens is 4. The number of benzene rings is 1. The topological polar surface area (TPSA) is 37.3 Å². The zero-order valence-corrected chi connectivity index (χ0v) is 10.6. The third-order valence-electron chi connectivity index (χ3n) is 3.94. The zero-order valence-electron chi connectivity index (χ0n) is 10.6. The van der Waals surface area contributed by atoms with E-state index >= 15 is 0 Å². The molecule has 0 spiro atoms. The van der Waals surface area contributed by atoms with Crippen LogP contribution >= 0.6 is 0 Å². The third-order valence-corrected chi connectivity index (χ3v) is 3.94. The highest BCUT2D eigenvalue weighted by Crippen LogP contribution is 2.43. The standard InChI is InChI=1S/C14H14F4O2/c15-11-9(5-4-6-10(11)14(16,17)18)13(12(19)20)7-2-1-3-8-13/h4-6H,1-3,7-8H2,(H,19,20). The molecule has 110 valence electrons. The number of alkyl halides is 3. The molecule has 0 radical (unpaired) electrons. The summed E-state index contributed by atoms with van der Waals surface area (Å²) < 4.78 is 52.4. The molecule has 20 heavy (non-hydrogen) atoms. The van der Waals surface area contributed by atoms with Gasteiger partial charge in [0, 0.05) is 5.56 Å². The van der Waals surface area contributed by atoms with Gasteiger partial charge in [0.2, 0.25) is 0 Å². The summed E-state index contributed by atoms with van der Waals surface area (Å²) in [6, 6.07) is 2.86. The van der Waals surface area contributed by atoms with Crippen LogP contribution in [0.1, 0.15) is 43.2 Å². The Morgan fingerprint density at radius 1 is 1.15 bits per heavy atom. The smallest absolute Gasteiger partial charge is 0.419 e. The molecule has 6 heteroatoms. The molecule has 2 nitrogen and oxygen atoms in total. The minimum Gasteiger partial charge on any atom is -0.481 e. The number of hydrogen-bond donors (Lipinski definition) is 1. The predicted octanol–water partition coefficient (Wildman–Crippen LogP) is 4.13. The van der Waals surface area contributed by atoms with Crippen LogP contribution in [-0.2, 0) is 16.4 Å². The highest BCUT2D eigenvalue weighted by atomic mass is 19.4. The fourth-order valence-electron chi connectivity index (χ4n) is 2.87. The summed E-state index contributed by atoms with van der Waals surface area (Å²) in [5, 5.41) is 9.41. The summed E-state index contributed by atoms with van der Waals surface area (Å²) in [4.78, 5) is 11.5. The summed E-state index contributed by atoms with van der Waals surface area (Å²) in [6.07, 6.45) is -2.53. The van der Waals surface area contributed by atoms with E-state index in [-0.39, 0.29) is 18.4 Å². The van der Waals surface area contributed by atoms with E-state index < -0.39 is 28.9 Å². The molecule has 1 aliphatic rings. The van der Waals surface area contributed by atoms with Crippen LogP contribution in [-0.4, -0.2) is 11.1 Å². The van der Waals surface area contributed by atoms with Crippen LogP contribution in [0.2, 0.25) is 0 Å². The van der Waals surface area contributed by atoms with Crippen molar-refractivity contribution in [3.63, 3.8) is 0 Å².